The molecule has 3 atom stereocenters. The van der Waals surface area contributed by atoms with Crippen molar-refractivity contribution >= 4 is 11.9 Å². The highest BCUT2D eigenvalue weighted by Crippen LogP contribution is 2.40. The Kier molecular flexibility index (Phi) is 3.82. The molecule has 0 spiro atoms. The maximum Gasteiger partial charge on any atom is 0.307 e. The Labute approximate surface area is 125 Å². The van der Waals surface area contributed by atoms with Crippen LogP contribution in [0, 0.1) is 23.5 Å². The van der Waals surface area contributed by atoms with Crippen molar-refractivity contribution in [2.75, 3.05) is 19.7 Å². The summed E-state index contributed by atoms with van der Waals surface area (Å²) in [6.45, 7) is 0.869. The Morgan fingerprint density at radius 1 is 1.23 bits per heavy atom. The fourth-order valence-corrected chi connectivity index (χ4v) is 2.74. The average molecular weight is 311 g/mol. The molecule has 0 aromatic heterocycles. The second-order valence-electron chi connectivity index (χ2n) is 5.60. The molecule has 1 N–H and O–H groups in total. The summed E-state index contributed by atoms with van der Waals surface area (Å²) in [6, 6.07) is 3.51. The fraction of sp³-hybridized carbons (Fsp3) is 0.467. The van der Waals surface area contributed by atoms with Crippen LogP contribution in [0.2, 0.25) is 0 Å². The van der Waals surface area contributed by atoms with Gasteiger partial charge < -0.3 is 14.7 Å². The van der Waals surface area contributed by atoms with Gasteiger partial charge in [0.25, 0.3) is 0 Å². The number of carbonyl (C=O) groups is 2. The predicted molar refractivity (Wildman–Crippen MR) is 70.9 cm³/mol. The van der Waals surface area contributed by atoms with E-state index in [-0.39, 0.29) is 19.1 Å². The van der Waals surface area contributed by atoms with Gasteiger partial charge in [-0.15, -0.1) is 0 Å². The number of hydrogen-bond donors (Lipinski definition) is 1. The Bertz CT molecular complexity index is 622. The molecular formula is C15H15F2NO4. The number of ether oxygens (including phenoxy) is 1. The molecule has 0 bridgehead atoms. The third kappa shape index (κ3) is 2.81. The van der Waals surface area contributed by atoms with Crippen LogP contribution >= 0.6 is 0 Å². The van der Waals surface area contributed by atoms with Gasteiger partial charge in [0.1, 0.15) is 6.10 Å². The molecule has 118 valence electrons. The first kappa shape index (κ1) is 14.9. The molecule has 1 aliphatic heterocycles. The van der Waals surface area contributed by atoms with Gasteiger partial charge in [-0.2, -0.15) is 0 Å². The first-order valence-corrected chi connectivity index (χ1v) is 7.05. The lowest BCUT2D eigenvalue weighted by molar-refractivity contribution is -0.145. The molecule has 7 heteroatoms. The van der Waals surface area contributed by atoms with E-state index >= 15 is 0 Å². The molecule has 1 aromatic carbocycles. The molecule has 2 aliphatic rings. The van der Waals surface area contributed by atoms with Crippen LogP contribution in [0.4, 0.5) is 8.78 Å². The Morgan fingerprint density at radius 2 is 2.00 bits per heavy atom. The summed E-state index contributed by atoms with van der Waals surface area (Å²) in [5, 5.41) is 8.88. The molecule has 1 heterocycles. The molecule has 2 fully saturated rings. The largest absolute Gasteiger partial charge is 0.481 e. The van der Waals surface area contributed by atoms with Crippen molar-refractivity contribution in [3.05, 3.63) is 35.4 Å². The highest BCUT2D eigenvalue weighted by molar-refractivity contribution is 5.89. The minimum absolute atomic E-state index is 0.205. The summed E-state index contributed by atoms with van der Waals surface area (Å²) in [7, 11) is 0. The fourth-order valence-electron chi connectivity index (χ4n) is 2.74. The molecule has 1 saturated carbocycles. The number of carboxylic acid groups (broad SMARTS) is 1. The normalized spacial score (nSPS) is 27.5. The van der Waals surface area contributed by atoms with Gasteiger partial charge in [0.05, 0.1) is 25.0 Å². The van der Waals surface area contributed by atoms with Crippen LogP contribution in [0.1, 0.15) is 18.1 Å². The number of aliphatic carboxylic acids is 1. The summed E-state index contributed by atoms with van der Waals surface area (Å²) in [5.41, 5.74) is 0.460. The van der Waals surface area contributed by atoms with E-state index in [1.54, 1.807) is 4.90 Å². The van der Waals surface area contributed by atoms with Crippen molar-refractivity contribution in [1.82, 2.24) is 4.90 Å². The zero-order chi connectivity index (χ0) is 15.9. The Morgan fingerprint density at radius 3 is 2.64 bits per heavy atom. The third-order valence-electron chi connectivity index (χ3n) is 4.12. The lowest BCUT2D eigenvalue weighted by Gasteiger charge is -2.33. The number of amides is 1. The van der Waals surface area contributed by atoms with Gasteiger partial charge in [0, 0.05) is 6.54 Å². The third-order valence-corrected chi connectivity index (χ3v) is 4.12. The Hall–Kier alpha value is -2.02. The second-order valence-corrected chi connectivity index (χ2v) is 5.60. The second kappa shape index (κ2) is 5.64. The Balaban J connectivity index is 1.68. The van der Waals surface area contributed by atoms with Gasteiger partial charge in [0.2, 0.25) is 5.91 Å². The van der Waals surface area contributed by atoms with Crippen molar-refractivity contribution in [1.29, 1.82) is 0 Å². The maximum atomic E-state index is 13.3. The standard InChI is InChI=1S/C15H15F2NO4/c16-11-2-1-8(5-12(11)17)13-7-18(3-4-22-13)14(19)9-6-10(9)15(20)21/h1-2,5,9-10,13H,3-4,6-7H2,(H,20,21)/t9-,10-,13-/m1/s1. The molecule has 22 heavy (non-hydrogen) atoms. The van der Waals surface area contributed by atoms with E-state index in [0.717, 1.165) is 12.1 Å². The highest BCUT2D eigenvalue weighted by Gasteiger charge is 2.50. The number of rotatable bonds is 3. The van der Waals surface area contributed by atoms with Crippen LogP contribution in [0.5, 0.6) is 0 Å². The van der Waals surface area contributed by atoms with Gasteiger partial charge in [-0.1, -0.05) is 6.07 Å². The number of nitrogens with zero attached hydrogens (tertiary/aromatic N) is 1. The smallest absolute Gasteiger partial charge is 0.307 e. The van der Waals surface area contributed by atoms with Crippen molar-refractivity contribution < 1.29 is 28.2 Å². The first-order chi connectivity index (χ1) is 10.5. The number of carboxylic acids is 1. The first-order valence-electron chi connectivity index (χ1n) is 7.05. The minimum atomic E-state index is -0.960. The van der Waals surface area contributed by atoms with Gasteiger partial charge >= 0.3 is 5.97 Å². The number of carbonyl (C=O) groups excluding carboxylic acids is 1. The van der Waals surface area contributed by atoms with Crippen LogP contribution in [-0.4, -0.2) is 41.6 Å². The topological polar surface area (TPSA) is 66.8 Å². The van der Waals surface area contributed by atoms with Gasteiger partial charge in [-0.25, -0.2) is 8.78 Å². The predicted octanol–water partition coefficient (Wildman–Crippen LogP) is 1.59. The summed E-state index contributed by atoms with van der Waals surface area (Å²) in [4.78, 5) is 24.6. The molecule has 0 unspecified atom stereocenters. The summed E-state index contributed by atoms with van der Waals surface area (Å²) >= 11 is 0. The van der Waals surface area contributed by atoms with E-state index in [9.17, 15) is 18.4 Å². The van der Waals surface area contributed by atoms with Crippen LogP contribution in [0.3, 0.4) is 0 Å². The van der Waals surface area contributed by atoms with Crippen LogP contribution in [0.15, 0.2) is 18.2 Å². The summed E-state index contributed by atoms with van der Waals surface area (Å²) in [6.07, 6.45) is -0.170. The molecule has 5 nitrogen and oxygen atoms in total. The van der Waals surface area contributed by atoms with E-state index in [4.69, 9.17) is 9.84 Å². The van der Waals surface area contributed by atoms with E-state index in [2.05, 4.69) is 0 Å². The number of benzene rings is 1. The van der Waals surface area contributed by atoms with Gasteiger partial charge in [-0.3, -0.25) is 9.59 Å². The van der Waals surface area contributed by atoms with Crippen molar-refractivity contribution in [3.63, 3.8) is 0 Å². The molecule has 0 radical (unpaired) electrons. The number of hydrogen-bond acceptors (Lipinski definition) is 3. The van der Waals surface area contributed by atoms with Crippen molar-refractivity contribution in [2.45, 2.75) is 12.5 Å². The van der Waals surface area contributed by atoms with Crippen molar-refractivity contribution in [2.24, 2.45) is 11.8 Å². The highest BCUT2D eigenvalue weighted by atomic mass is 19.2. The summed E-state index contributed by atoms with van der Waals surface area (Å²) < 4.78 is 31.8. The molecule has 1 saturated heterocycles. The molecule has 1 aliphatic carbocycles. The number of halogens is 2. The molecule has 1 amide bonds. The lowest BCUT2D eigenvalue weighted by Crippen LogP contribution is -2.43. The van der Waals surface area contributed by atoms with Crippen LogP contribution in [0.25, 0.3) is 0 Å². The molecule has 3 rings (SSSR count). The van der Waals surface area contributed by atoms with E-state index in [0.29, 0.717) is 18.5 Å². The maximum absolute atomic E-state index is 13.3. The zero-order valence-corrected chi connectivity index (χ0v) is 11.7. The SMILES string of the molecule is O=C(O)[C@@H]1C[C@H]1C(=O)N1CCO[C@@H](c2ccc(F)c(F)c2)C1. The zero-order valence-electron chi connectivity index (χ0n) is 11.7. The molecular weight excluding hydrogens is 296 g/mol. The summed E-state index contributed by atoms with van der Waals surface area (Å²) in [5.74, 6) is -4.13. The van der Waals surface area contributed by atoms with E-state index in [1.807, 2.05) is 0 Å². The van der Waals surface area contributed by atoms with Gasteiger partial charge in [-0.05, 0) is 24.1 Å². The quantitative estimate of drug-likeness (QED) is 0.920. The van der Waals surface area contributed by atoms with E-state index < -0.39 is 35.5 Å². The van der Waals surface area contributed by atoms with Crippen LogP contribution < -0.4 is 0 Å². The number of morpholine rings is 1. The average Bonchev–Trinajstić information content (AvgIpc) is 3.30. The van der Waals surface area contributed by atoms with Crippen LogP contribution in [-0.2, 0) is 14.3 Å². The lowest BCUT2D eigenvalue weighted by atomic mass is 10.1. The van der Waals surface area contributed by atoms with Gasteiger partial charge in [0.15, 0.2) is 11.6 Å². The molecule has 1 aromatic rings. The minimum Gasteiger partial charge on any atom is -0.481 e. The van der Waals surface area contributed by atoms with Crippen molar-refractivity contribution in [3.8, 4) is 0 Å². The van der Waals surface area contributed by atoms with E-state index in [1.165, 1.54) is 6.07 Å². The monoisotopic (exact) mass is 311 g/mol.